The van der Waals surface area contributed by atoms with Gasteiger partial charge in [-0.3, -0.25) is 4.79 Å². The number of benzene rings is 1. The van der Waals surface area contributed by atoms with Crippen LogP contribution in [0.25, 0.3) is 0 Å². The van der Waals surface area contributed by atoms with Crippen LogP contribution in [0.5, 0.6) is 0 Å². The molecule has 1 aliphatic rings. The zero-order chi connectivity index (χ0) is 12.3. The number of nitrogens with two attached hydrogens (primary N) is 1. The van der Waals surface area contributed by atoms with Gasteiger partial charge in [0.15, 0.2) is 0 Å². The Kier molecular flexibility index (Phi) is 7.83. The van der Waals surface area contributed by atoms with Crippen LogP contribution in [-0.2, 0) is 0 Å². The van der Waals surface area contributed by atoms with E-state index in [1.54, 1.807) is 24.3 Å². The summed E-state index contributed by atoms with van der Waals surface area (Å²) < 4.78 is 0. The lowest BCUT2D eigenvalue weighted by molar-refractivity contribution is 0.0949. The van der Waals surface area contributed by atoms with E-state index < -0.39 is 0 Å². The quantitative estimate of drug-likeness (QED) is 0.817. The molecule has 1 saturated carbocycles. The number of amides is 1. The molecule has 1 amide bonds. The number of nitrogens with zero attached hydrogens (tertiary/aromatic N) is 1. The van der Waals surface area contributed by atoms with Crippen molar-refractivity contribution >= 4 is 36.4 Å². The van der Waals surface area contributed by atoms with E-state index in [0.29, 0.717) is 17.8 Å². The molecule has 0 saturated heterocycles. The van der Waals surface area contributed by atoms with Crippen molar-refractivity contribution < 1.29 is 4.79 Å². The summed E-state index contributed by atoms with van der Waals surface area (Å²) in [6.07, 6.45) is 2.58. The van der Waals surface area contributed by atoms with Gasteiger partial charge in [0.2, 0.25) is 0 Å². The minimum Gasteiger partial charge on any atom is -0.399 e. The number of hydrogen-bond acceptors (Lipinski definition) is 3. The first kappa shape index (κ1) is 18.0. The second-order valence-electron chi connectivity index (χ2n) is 4.59. The van der Waals surface area contributed by atoms with Crippen molar-refractivity contribution in [3.8, 4) is 0 Å². The second-order valence-corrected chi connectivity index (χ2v) is 4.59. The van der Waals surface area contributed by atoms with E-state index in [1.807, 2.05) is 0 Å². The number of rotatable bonds is 5. The van der Waals surface area contributed by atoms with Crippen molar-refractivity contribution in [2.24, 2.45) is 0 Å². The number of hydrogen-bond donors (Lipinski definition) is 2. The fourth-order valence-corrected chi connectivity index (χ4v) is 1.83. The Morgan fingerprint density at radius 3 is 2.68 bits per heavy atom. The number of anilines is 1. The molecule has 108 valence electrons. The van der Waals surface area contributed by atoms with Gasteiger partial charge in [-0.1, -0.05) is 6.07 Å². The Balaban J connectivity index is 0.00000162. The highest BCUT2D eigenvalue weighted by Crippen LogP contribution is 2.24. The molecule has 1 aliphatic carbocycles. The molecule has 3 N–H and O–H groups in total. The van der Waals surface area contributed by atoms with Crippen LogP contribution < -0.4 is 11.1 Å². The van der Waals surface area contributed by atoms with E-state index >= 15 is 0 Å². The summed E-state index contributed by atoms with van der Waals surface area (Å²) in [6, 6.07) is 7.77. The fraction of sp³-hybridized carbons (Fsp3) is 0.462. The third kappa shape index (κ3) is 5.68. The SMILES string of the molecule is CN(CCNC(=O)c1cccc(N)c1)C1CC1.Cl.Cl. The lowest BCUT2D eigenvalue weighted by Gasteiger charge is -2.15. The highest BCUT2D eigenvalue weighted by Gasteiger charge is 2.25. The zero-order valence-corrected chi connectivity index (χ0v) is 12.6. The van der Waals surface area contributed by atoms with Crippen molar-refractivity contribution in [3.63, 3.8) is 0 Å². The Labute approximate surface area is 126 Å². The van der Waals surface area contributed by atoms with Crippen LogP contribution in [0.15, 0.2) is 24.3 Å². The summed E-state index contributed by atoms with van der Waals surface area (Å²) in [5, 5.41) is 2.90. The van der Waals surface area contributed by atoms with E-state index in [2.05, 4.69) is 17.3 Å². The highest BCUT2D eigenvalue weighted by atomic mass is 35.5. The van der Waals surface area contributed by atoms with Crippen molar-refractivity contribution in [2.45, 2.75) is 18.9 Å². The summed E-state index contributed by atoms with van der Waals surface area (Å²) in [4.78, 5) is 14.1. The fourth-order valence-electron chi connectivity index (χ4n) is 1.83. The Morgan fingerprint density at radius 2 is 2.11 bits per heavy atom. The molecule has 19 heavy (non-hydrogen) atoms. The van der Waals surface area contributed by atoms with Crippen LogP contribution in [0, 0.1) is 0 Å². The predicted octanol–water partition coefficient (Wildman–Crippen LogP) is 1.94. The molecule has 1 aromatic rings. The van der Waals surface area contributed by atoms with E-state index in [-0.39, 0.29) is 30.7 Å². The van der Waals surface area contributed by atoms with Crippen molar-refractivity contribution in [1.29, 1.82) is 0 Å². The maximum atomic E-state index is 11.8. The lowest BCUT2D eigenvalue weighted by atomic mass is 10.2. The molecule has 2 rings (SSSR count). The number of carbonyl (C=O) groups is 1. The Morgan fingerprint density at radius 1 is 1.42 bits per heavy atom. The van der Waals surface area contributed by atoms with Crippen LogP contribution >= 0.6 is 24.8 Å². The Bertz CT molecular complexity index is 411. The van der Waals surface area contributed by atoms with E-state index in [4.69, 9.17) is 5.73 Å². The highest BCUT2D eigenvalue weighted by molar-refractivity contribution is 5.94. The van der Waals surface area contributed by atoms with Gasteiger partial charge in [-0.2, -0.15) is 0 Å². The van der Waals surface area contributed by atoms with Gasteiger partial charge < -0.3 is 16.0 Å². The first-order valence-electron chi connectivity index (χ1n) is 6.01. The first-order chi connectivity index (χ1) is 8.16. The van der Waals surface area contributed by atoms with Crippen LogP contribution in [0.3, 0.4) is 0 Å². The molecule has 6 heteroatoms. The molecule has 4 nitrogen and oxygen atoms in total. The van der Waals surface area contributed by atoms with Gasteiger partial charge in [0, 0.05) is 30.4 Å². The zero-order valence-electron chi connectivity index (χ0n) is 11.0. The van der Waals surface area contributed by atoms with Crippen molar-refractivity contribution in [3.05, 3.63) is 29.8 Å². The summed E-state index contributed by atoms with van der Waals surface area (Å²) in [5.41, 5.74) is 6.88. The molecule has 0 bridgehead atoms. The number of carbonyl (C=O) groups excluding carboxylic acids is 1. The maximum absolute atomic E-state index is 11.8. The van der Waals surface area contributed by atoms with Gasteiger partial charge in [-0.05, 0) is 38.1 Å². The van der Waals surface area contributed by atoms with Crippen LogP contribution in [0.4, 0.5) is 5.69 Å². The van der Waals surface area contributed by atoms with Gasteiger partial charge >= 0.3 is 0 Å². The smallest absolute Gasteiger partial charge is 0.251 e. The van der Waals surface area contributed by atoms with Gasteiger partial charge in [0.05, 0.1) is 0 Å². The minimum absolute atomic E-state index is 0. The average Bonchev–Trinajstić information content (AvgIpc) is 3.12. The van der Waals surface area contributed by atoms with E-state index in [1.165, 1.54) is 12.8 Å². The monoisotopic (exact) mass is 305 g/mol. The topological polar surface area (TPSA) is 58.4 Å². The molecular weight excluding hydrogens is 285 g/mol. The first-order valence-corrected chi connectivity index (χ1v) is 6.01. The second kappa shape index (κ2) is 8.25. The number of likely N-dealkylation sites (N-methyl/N-ethyl adjacent to an activating group) is 1. The van der Waals surface area contributed by atoms with Crippen LogP contribution in [0.2, 0.25) is 0 Å². The molecule has 0 aliphatic heterocycles. The van der Waals surface area contributed by atoms with Crippen LogP contribution in [0.1, 0.15) is 23.2 Å². The number of nitrogens with one attached hydrogen (secondary N) is 1. The Hall–Kier alpha value is -0.970. The molecular formula is C13H21Cl2N3O. The van der Waals surface area contributed by atoms with Gasteiger partial charge in [-0.25, -0.2) is 0 Å². The molecule has 0 radical (unpaired) electrons. The molecule has 0 heterocycles. The van der Waals surface area contributed by atoms with Gasteiger partial charge in [0.1, 0.15) is 0 Å². The molecule has 0 spiro atoms. The lowest BCUT2D eigenvalue weighted by Crippen LogP contribution is -2.33. The summed E-state index contributed by atoms with van der Waals surface area (Å²) in [5.74, 6) is -0.0542. The van der Waals surface area contributed by atoms with Gasteiger partial charge in [0.25, 0.3) is 5.91 Å². The summed E-state index contributed by atoms with van der Waals surface area (Å²) in [6.45, 7) is 1.58. The molecule has 0 atom stereocenters. The summed E-state index contributed by atoms with van der Waals surface area (Å²) in [7, 11) is 2.10. The maximum Gasteiger partial charge on any atom is 0.251 e. The van der Waals surface area contributed by atoms with E-state index in [0.717, 1.165) is 12.6 Å². The van der Waals surface area contributed by atoms with E-state index in [9.17, 15) is 4.79 Å². The summed E-state index contributed by atoms with van der Waals surface area (Å²) >= 11 is 0. The third-order valence-electron chi connectivity index (χ3n) is 3.07. The standard InChI is InChI=1S/C13H19N3O.2ClH/c1-16(12-5-6-12)8-7-15-13(17)10-3-2-4-11(14)9-10;;/h2-4,9,12H,5-8,14H2,1H3,(H,15,17);2*1H. The normalized spacial score (nSPS) is 13.4. The van der Waals surface area contributed by atoms with Crippen molar-refractivity contribution in [2.75, 3.05) is 25.9 Å². The van der Waals surface area contributed by atoms with Gasteiger partial charge in [-0.15, -0.1) is 24.8 Å². The average molecular weight is 306 g/mol. The molecule has 1 aromatic carbocycles. The van der Waals surface area contributed by atoms with Crippen molar-refractivity contribution in [1.82, 2.24) is 10.2 Å². The number of halogens is 2. The third-order valence-corrected chi connectivity index (χ3v) is 3.07. The number of nitrogen functional groups attached to an aromatic ring is 1. The van der Waals surface area contributed by atoms with Crippen LogP contribution in [-0.4, -0.2) is 37.0 Å². The molecule has 1 fully saturated rings. The molecule has 0 aromatic heterocycles. The minimum atomic E-state index is -0.0542. The molecule has 0 unspecified atom stereocenters. The predicted molar refractivity (Wildman–Crippen MR) is 83.3 cm³/mol. The largest absolute Gasteiger partial charge is 0.399 e.